The minimum absolute atomic E-state index is 0.171. The van der Waals surface area contributed by atoms with E-state index in [1.54, 1.807) is 32.3 Å². The molecule has 6 nitrogen and oxygen atoms in total. The first kappa shape index (κ1) is 18.3. The summed E-state index contributed by atoms with van der Waals surface area (Å²) >= 11 is 0. The number of anilines is 1. The SMILES string of the molecule is COc1ccc(NC(=O)NCCC2CC3C=CC2C3)cc1C(=O)N(C)C. The number of ether oxygens (including phenoxy) is 1. The van der Waals surface area contributed by atoms with Crippen LogP contribution in [-0.2, 0) is 0 Å². The molecule has 2 N–H and O–H groups in total. The van der Waals surface area contributed by atoms with Crippen LogP contribution >= 0.6 is 0 Å². The molecule has 1 saturated carbocycles. The van der Waals surface area contributed by atoms with Crippen molar-refractivity contribution < 1.29 is 14.3 Å². The molecular formula is C20H27N3O3. The van der Waals surface area contributed by atoms with Crippen LogP contribution in [-0.4, -0.2) is 44.6 Å². The van der Waals surface area contributed by atoms with Gasteiger partial charge < -0.3 is 20.3 Å². The highest BCUT2D eigenvalue weighted by molar-refractivity contribution is 5.99. The summed E-state index contributed by atoms with van der Waals surface area (Å²) in [7, 11) is 4.88. The number of rotatable bonds is 6. The maximum absolute atomic E-state index is 12.3. The summed E-state index contributed by atoms with van der Waals surface area (Å²) in [5, 5.41) is 5.71. The Labute approximate surface area is 154 Å². The van der Waals surface area contributed by atoms with Crippen molar-refractivity contribution in [1.82, 2.24) is 10.2 Å². The van der Waals surface area contributed by atoms with Crippen molar-refractivity contribution in [1.29, 1.82) is 0 Å². The zero-order valence-electron chi connectivity index (χ0n) is 15.6. The number of methoxy groups -OCH3 is 1. The molecule has 3 amide bonds. The van der Waals surface area contributed by atoms with Crippen molar-refractivity contribution in [3.05, 3.63) is 35.9 Å². The molecular weight excluding hydrogens is 330 g/mol. The lowest BCUT2D eigenvalue weighted by atomic mass is 9.91. The number of nitrogens with one attached hydrogen (secondary N) is 2. The molecule has 1 aromatic carbocycles. The number of fused-ring (bicyclic) bond motifs is 2. The molecule has 1 aromatic rings. The lowest BCUT2D eigenvalue weighted by Crippen LogP contribution is -2.31. The molecule has 0 heterocycles. The average Bonchev–Trinajstić information content (AvgIpc) is 3.24. The summed E-state index contributed by atoms with van der Waals surface area (Å²) in [6, 6.07) is 4.80. The van der Waals surface area contributed by atoms with E-state index in [1.807, 2.05) is 0 Å². The molecule has 2 bridgehead atoms. The lowest BCUT2D eigenvalue weighted by Gasteiger charge is -2.18. The number of urea groups is 1. The van der Waals surface area contributed by atoms with Crippen LogP contribution in [0.2, 0.25) is 0 Å². The van der Waals surface area contributed by atoms with Crippen LogP contribution in [0.1, 0.15) is 29.6 Å². The van der Waals surface area contributed by atoms with E-state index in [4.69, 9.17) is 4.74 Å². The van der Waals surface area contributed by atoms with Crippen molar-refractivity contribution in [2.24, 2.45) is 17.8 Å². The second-order valence-corrected chi connectivity index (χ2v) is 7.32. The van der Waals surface area contributed by atoms with Crippen LogP contribution in [0.5, 0.6) is 5.75 Å². The third-order valence-corrected chi connectivity index (χ3v) is 5.31. The number of hydrogen-bond acceptors (Lipinski definition) is 3. The smallest absolute Gasteiger partial charge is 0.319 e. The molecule has 0 saturated heterocycles. The molecule has 140 valence electrons. The predicted molar refractivity (Wildman–Crippen MR) is 101 cm³/mol. The second kappa shape index (κ2) is 7.81. The molecule has 0 aliphatic heterocycles. The van der Waals surface area contributed by atoms with Gasteiger partial charge in [0.2, 0.25) is 0 Å². The Hall–Kier alpha value is -2.50. The van der Waals surface area contributed by atoms with Gasteiger partial charge in [0.1, 0.15) is 5.75 Å². The third-order valence-electron chi connectivity index (χ3n) is 5.31. The van der Waals surface area contributed by atoms with Crippen LogP contribution in [0.25, 0.3) is 0 Å². The first-order valence-corrected chi connectivity index (χ1v) is 9.10. The van der Waals surface area contributed by atoms with E-state index in [0.29, 0.717) is 35.4 Å². The molecule has 2 aliphatic rings. The fourth-order valence-electron chi connectivity index (χ4n) is 3.97. The fourth-order valence-corrected chi connectivity index (χ4v) is 3.97. The Kier molecular flexibility index (Phi) is 5.49. The maximum Gasteiger partial charge on any atom is 0.319 e. The van der Waals surface area contributed by atoms with Gasteiger partial charge in [-0.2, -0.15) is 0 Å². The number of amides is 3. The quantitative estimate of drug-likeness (QED) is 0.769. The number of benzene rings is 1. The summed E-state index contributed by atoms with van der Waals surface area (Å²) < 4.78 is 5.24. The molecule has 3 rings (SSSR count). The summed E-state index contributed by atoms with van der Waals surface area (Å²) in [5.41, 5.74) is 0.987. The zero-order chi connectivity index (χ0) is 18.7. The monoisotopic (exact) mass is 357 g/mol. The van der Waals surface area contributed by atoms with Gasteiger partial charge in [-0.1, -0.05) is 12.2 Å². The Morgan fingerprint density at radius 2 is 2.04 bits per heavy atom. The van der Waals surface area contributed by atoms with Crippen molar-refractivity contribution in [3.63, 3.8) is 0 Å². The molecule has 0 spiro atoms. The van der Waals surface area contributed by atoms with Gasteiger partial charge in [-0.25, -0.2) is 4.79 Å². The fraction of sp³-hybridized carbons (Fsp3) is 0.500. The van der Waals surface area contributed by atoms with Crippen molar-refractivity contribution in [2.45, 2.75) is 19.3 Å². The van der Waals surface area contributed by atoms with Gasteiger partial charge in [0.15, 0.2) is 0 Å². The van der Waals surface area contributed by atoms with E-state index < -0.39 is 0 Å². The van der Waals surface area contributed by atoms with Gasteiger partial charge in [0, 0.05) is 26.3 Å². The number of allylic oxidation sites excluding steroid dienone is 2. The number of nitrogens with zero attached hydrogens (tertiary/aromatic N) is 1. The van der Waals surface area contributed by atoms with Crippen LogP contribution in [0.4, 0.5) is 10.5 Å². The van der Waals surface area contributed by atoms with Crippen LogP contribution in [0.15, 0.2) is 30.4 Å². The molecule has 0 aromatic heterocycles. The molecule has 2 aliphatic carbocycles. The van der Waals surface area contributed by atoms with E-state index in [0.717, 1.165) is 12.3 Å². The minimum atomic E-state index is -0.253. The van der Waals surface area contributed by atoms with E-state index in [2.05, 4.69) is 22.8 Å². The molecule has 0 radical (unpaired) electrons. The Bertz CT molecular complexity index is 714. The van der Waals surface area contributed by atoms with Crippen LogP contribution in [0.3, 0.4) is 0 Å². The van der Waals surface area contributed by atoms with E-state index >= 15 is 0 Å². The van der Waals surface area contributed by atoms with Gasteiger partial charge in [0.05, 0.1) is 12.7 Å². The Morgan fingerprint density at radius 1 is 1.23 bits per heavy atom. The van der Waals surface area contributed by atoms with Gasteiger partial charge in [-0.3, -0.25) is 4.79 Å². The zero-order valence-corrected chi connectivity index (χ0v) is 15.6. The third kappa shape index (κ3) is 4.00. The van der Waals surface area contributed by atoms with Gasteiger partial charge in [-0.15, -0.1) is 0 Å². The first-order chi connectivity index (χ1) is 12.5. The highest BCUT2D eigenvalue weighted by Crippen LogP contribution is 2.44. The van der Waals surface area contributed by atoms with Crippen molar-refractivity contribution in [3.8, 4) is 5.75 Å². The van der Waals surface area contributed by atoms with Crippen molar-refractivity contribution >= 4 is 17.6 Å². The largest absolute Gasteiger partial charge is 0.496 e. The topological polar surface area (TPSA) is 70.7 Å². The highest BCUT2D eigenvalue weighted by atomic mass is 16.5. The van der Waals surface area contributed by atoms with Gasteiger partial charge in [-0.05, 0) is 55.2 Å². The van der Waals surface area contributed by atoms with E-state index in [1.165, 1.54) is 24.9 Å². The van der Waals surface area contributed by atoms with Crippen LogP contribution in [0, 0.1) is 17.8 Å². The number of hydrogen-bond donors (Lipinski definition) is 2. The van der Waals surface area contributed by atoms with E-state index in [-0.39, 0.29) is 11.9 Å². The Morgan fingerprint density at radius 3 is 2.65 bits per heavy atom. The summed E-state index contributed by atoms with van der Waals surface area (Å²) in [5.74, 6) is 2.46. The minimum Gasteiger partial charge on any atom is -0.496 e. The Balaban J connectivity index is 1.53. The molecule has 1 fully saturated rings. The summed E-state index contributed by atoms with van der Waals surface area (Å²) in [6.45, 7) is 0.660. The predicted octanol–water partition coefficient (Wildman–Crippen LogP) is 3.12. The van der Waals surface area contributed by atoms with Gasteiger partial charge >= 0.3 is 6.03 Å². The van der Waals surface area contributed by atoms with E-state index in [9.17, 15) is 9.59 Å². The highest BCUT2D eigenvalue weighted by Gasteiger charge is 2.34. The lowest BCUT2D eigenvalue weighted by molar-refractivity contribution is 0.0824. The second-order valence-electron chi connectivity index (χ2n) is 7.32. The number of carbonyl (C=O) groups excluding carboxylic acids is 2. The van der Waals surface area contributed by atoms with Gasteiger partial charge in [0.25, 0.3) is 5.91 Å². The summed E-state index contributed by atoms with van der Waals surface area (Å²) in [4.78, 5) is 25.9. The average molecular weight is 357 g/mol. The van der Waals surface area contributed by atoms with Crippen molar-refractivity contribution in [2.75, 3.05) is 33.1 Å². The first-order valence-electron chi connectivity index (χ1n) is 9.10. The van der Waals surface area contributed by atoms with Crippen LogP contribution < -0.4 is 15.4 Å². The standard InChI is InChI=1S/C20H27N3O3/c1-23(2)19(24)17-12-16(6-7-18(17)26-3)22-20(25)21-9-8-15-11-13-4-5-14(15)10-13/h4-7,12-15H,8-11H2,1-3H3,(H2,21,22,25). The molecule has 3 unspecified atom stereocenters. The molecule has 3 atom stereocenters. The molecule has 6 heteroatoms. The normalized spacial score (nSPS) is 23.0. The number of carbonyl (C=O) groups is 2. The molecule has 26 heavy (non-hydrogen) atoms. The summed E-state index contributed by atoms with van der Waals surface area (Å²) in [6.07, 6.45) is 8.20. The maximum atomic E-state index is 12.3.